The summed E-state index contributed by atoms with van der Waals surface area (Å²) in [4.78, 5) is 0. The number of benzene rings is 1. The van der Waals surface area contributed by atoms with Crippen LogP contribution >= 0.6 is 0 Å². The van der Waals surface area contributed by atoms with Gasteiger partial charge in [-0.3, -0.25) is 0 Å². The molecule has 0 aliphatic heterocycles. The van der Waals surface area contributed by atoms with Crippen molar-refractivity contribution in [3.05, 3.63) is 30.3 Å². The van der Waals surface area contributed by atoms with Gasteiger partial charge in [-0.25, -0.2) is 0 Å². The van der Waals surface area contributed by atoms with Gasteiger partial charge in [-0.05, 0) is 43.2 Å². The summed E-state index contributed by atoms with van der Waals surface area (Å²) in [5.41, 5.74) is 0. The van der Waals surface area contributed by atoms with Gasteiger partial charge in [0.25, 0.3) is 0 Å². The molecular weight excluding hydrogens is 184 g/mol. The Labute approximate surface area is 92.5 Å². The Morgan fingerprint density at radius 1 is 1.13 bits per heavy atom. The molecule has 1 aromatic carbocycles. The van der Waals surface area contributed by atoms with Crippen LogP contribution < -0.4 is 4.74 Å². The summed E-state index contributed by atoms with van der Waals surface area (Å²) in [5, 5.41) is 0. The van der Waals surface area contributed by atoms with Crippen LogP contribution in [0.5, 0.6) is 5.75 Å². The molecule has 2 unspecified atom stereocenters. The molecule has 0 heterocycles. The van der Waals surface area contributed by atoms with E-state index in [0.717, 1.165) is 17.6 Å². The minimum Gasteiger partial charge on any atom is -0.490 e. The number of hydrogen-bond donors (Lipinski definition) is 0. The fourth-order valence-electron chi connectivity index (χ4n) is 2.54. The maximum absolute atomic E-state index is 6.05. The standard InChI is InChI=1S/C14H20O/c1-11(2)13-9-6-10-14(13)15-12-7-4-3-5-8-12/h3-5,7-8,11,13-14H,6,9-10H2,1-2H3. The molecule has 0 bridgehead atoms. The quantitative estimate of drug-likeness (QED) is 0.725. The van der Waals surface area contributed by atoms with Crippen molar-refractivity contribution < 1.29 is 4.74 Å². The molecule has 1 saturated carbocycles. The van der Waals surface area contributed by atoms with Gasteiger partial charge < -0.3 is 4.74 Å². The molecule has 1 aliphatic rings. The SMILES string of the molecule is CC(C)C1CCCC1Oc1ccccc1. The highest BCUT2D eigenvalue weighted by molar-refractivity contribution is 5.21. The molecule has 15 heavy (non-hydrogen) atoms. The van der Waals surface area contributed by atoms with Crippen LogP contribution in [0.3, 0.4) is 0 Å². The number of hydrogen-bond acceptors (Lipinski definition) is 1. The normalized spacial score (nSPS) is 25.8. The first kappa shape index (κ1) is 10.5. The van der Waals surface area contributed by atoms with E-state index >= 15 is 0 Å². The molecule has 0 aromatic heterocycles. The highest BCUT2D eigenvalue weighted by atomic mass is 16.5. The average molecular weight is 204 g/mol. The summed E-state index contributed by atoms with van der Waals surface area (Å²) < 4.78 is 6.05. The Balaban J connectivity index is 2.00. The maximum atomic E-state index is 6.05. The summed E-state index contributed by atoms with van der Waals surface area (Å²) in [7, 11) is 0. The first-order chi connectivity index (χ1) is 7.27. The Bertz CT molecular complexity index is 291. The largest absolute Gasteiger partial charge is 0.490 e. The lowest BCUT2D eigenvalue weighted by molar-refractivity contribution is 0.131. The van der Waals surface area contributed by atoms with Gasteiger partial charge in [-0.15, -0.1) is 0 Å². The molecule has 0 N–H and O–H groups in total. The van der Waals surface area contributed by atoms with E-state index in [2.05, 4.69) is 26.0 Å². The Kier molecular flexibility index (Phi) is 3.30. The van der Waals surface area contributed by atoms with Gasteiger partial charge >= 0.3 is 0 Å². The zero-order valence-electron chi connectivity index (χ0n) is 9.65. The number of ether oxygens (including phenoxy) is 1. The Morgan fingerprint density at radius 2 is 1.87 bits per heavy atom. The van der Waals surface area contributed by atoms with Crippen LogP contribution in [0.15, 0.2) is 30.3 Å². The predicted octanol–water partition coefficient (Wildman–Crippen LogP) is 3.89. The van der Waals surface area contributed by atoms with Crippen molar-refractivity contribution in [3.63, 3.8) is 0 Å². The first-order valence-corrected chi connectivity index (χ1v) is 5.99. The van der Waals surface area contributed by atoms with Crippen LogP contribution in [0.25, 0.3) is 0 Å². The minimum atomic E-state index is 0.437. The summed E-state index contributed by atoms with van der Waals surface area (Å²) in [6.07, 6.45) is 4.31. The van der Waals surface area contributed by atoms with Crippen molar-refractivity contribution in [3.8, 4) is 5.75 Å². The van der Waals surface area contributed by atoms with Crippen LogP contribution in [0.2, 0.25) is 0 Å². The maximum Gasteiger partial charge on any atom is 0.119 e. The van der Waals surface area contributed by atoms with Gasteiger partial charge in [-0.2, -0.15) is 0 Å². The van der Waals surface area contributed by atoms with Gasteiger partial charge in [0.1, 0.15) is 11.9 Å². The highest BCUT2D eigenvalue weighted by Gasteiger charge is 2.30. The molecule has 1 heteroatoms. The second kappa shape index (κ2) is 4.69. The van der Waals surface area contributed by atoms with Crippen molar-refractivity contribution in [1.82, 2.24) is 0 Å². The van der Waals surface area contributed by atoms with E-state index in [-0.39, 0.29) is 0 Å². The first-order valence-electron chi connectivity index (χ1n) is 5.99. The average Bonchev–Trinajstić information content (AvgIpc) is 2.67. The van der Waals surface area contributed by atoms with Gasteiger partial charge in [-0.1, -0.05) is 32.0 Å². The molecule has 2 atom stereocenters. The molecule has 0 saturated heterocycles. The third kappa shape index (κ3) is 2.53. The molecule has 1 nitrogen and oxygen atoms in total. The second-order valence-corrected chi connectivity index (χ2v) is 4.81. The van der Waals surface area contributed by atoms with Gasteiger partial charge in [0.15, 0.2) is 0 Å². The fourth-order valence-corrected chi connectivity index (χ4v) is 2.54. The highest BCUT2D eigenvalue weighted by Crippen LogP contribution is 2.34. The minimum absolute atomic E-state index is 0.437. The van der Waals surface area contributed by atoms with E-state index < -0.39 is 0 Å². The van der Waals surface area contributed by atoms with E-state index in [1.165, 1.54) is 19.3 Å². The molecule has 1 aromatic rings. The zero-order chi connectivity index (χ0) is 10.7. The molecule has 1 aliphatic carbocycles. The molecular formula is C14H20O. The smallest absolute Gasteiger partial charge is 0.119 e. The summed E-state index contributed by atoms with van der Waals surface area (Å²) >= 11 is 0. The van der Waals surface area contributed by atoms with Crippen molar-refractivity contribution in [1.29, 1.82) is 0 Å². The van der Waals surface area contributed by atoms with Gasteiger partial charge in [0.2, 0.25) is 0 Å². The lowest BCUT2D eigenvalue weighted by Gasteiger charge is -2.24. The fraction of sp³-hybridized carbons (Fsp3) is 0.571. The van der Waals surface area contributed by atoms with Crippen LogP contribution in [0, 0.1) is 11.8 Å². The third-order valence-electron chi connectivity index (χ3n) is 3.39. The zero-order valence-corrected chi connectivity index (χ0v) is 9.65. The van der Waals surface area contributed by atoms with Gasteiger partial charge in [0.05, 0.1) is 0 Å². The van der Waals surface area contributed by atoms with Crippen molar-refractivity contribution in [2.24, 2.45) is 11.8 Å². The molecule has 1 fully saturated rings. The number of rotatable bonds is 3. The number of para-hydroxylation sites is 1. The summed E-state index contributed by atoms with van der Waals surface area (Å²) in [5.74, 6) is 2.50. The van der Waals surface area contributed by atoms with E-state index in [1.807, 2.05) is 18.2 Å². The Morgan fingerprint density at radius 3 is 2.53 bits per heavy atom. The summed E-state index contributed by atoms with van der Waals surface area (Å²) in [6, 6.07) is 10.2. The van der Waals surface area contributed by atoms with Crippen molar-refractivity contribution in [2.45, 2.75) is 39.2 Å². The van der Waals surface area contributed by atoms with Crippen LogP contribution in [0.1, 0.15) is 33.1 Å². The third-order valence-corrected chi connectivity index (χ3v) is 3.39. The molecule has 2 rings (SSSR count). The van der Waals surface area contributed by atoms with Gasteiger partial charge in [0, 0.05) is 0 Å². The van der Waals surface area contributed by atoms with E-state index in [0.29, 0.717) is 6.10 Å². The van der Waals surface area contributed by atoms with Crippen LogP contribution in [-0.4, -0.2) is 6.10 Å². The van der Waals surface area contributed by atoms with Crippen molar-refractivity contribution in [2.75, 3.05) is 0 Å². The molecule has 82 valence electrons. The second-order valence-electron chi connectivity index (χ2n) is 4.81. The predicted molar refractivity (Wildman–Crippen MR) is 63.0 cm³/mol. The lowest BCUT2D eigenvalue weighted by atomic mass is 9.92. The van der Waals surface area contributed by atoms with Crippen molar-refractivity contribution >= 4 is 0 Å². The van der Waals surface area contributed by atoms with Crippen LogP contribution in [0.4, 0.5) is 0 Å². The van der Waals surface area contributed by atoms with E-state index in [4.69, 9.17) is 4.74 Å². The topological polar surface area (TPSA) is 9.23 Å². The van der Waals surface area contributed by atoms with E-state index in [1.54, 1.807) is 0 Å². The Hall–Kier alpha value is -0.980. The molecule has 0 amide bonds. The summed E-state index contributed by atoms with van der Waals surface area (Å²) in [6.45, 7) is 4.61. The lowest BCUT2D eigenvalue weighted by Crippen LogP contribution is -2.25. The molecule has 0 spiro atoms. The monoisotopic (exact) mass is 204 g/mol. The van der Waals surface area contributed by atoms with Crippen LogP contribution in [-0.2, 0) is 0 Å². The molecule has 0 radical (unpaired) electrons. The van der Waals surface area contributed by atoms with E-state index in [9.17, 15) is 0 Å².